The fourth-order valence-corrected chi connectivity index (χ4v) is 2.30. The molecule has 0 bridgehead atoms. The van der Waals surface area contributed by atoms with Crippen LogP contribution in [0.15, 0.2) is 54.6 Å². The Morgan fingerprint density at radius 2 is 1.68 bits per heavy atom. The number of carbonyl (C=O) groups is 2. The third kappa shape index (κ3) is 6.21. The molecule has 2 aromatic rings. The summed E-state index contributed by atoms with van der Waals surface area (Å²) in [7, 11) is 0. The Morgan fingerprint density at radius 3 is 2.24 bits per heavy atom. The van der Waals surface area contributed by atoms with Crippen LogP contribution in [0.4, 0.5) is 14.5 Å². The van der Waals surface area contributed by atoms with Crippen molar-refractivity contribution in [1.82, 2.24) is 5.32 Å². The van der Waals surface area contributed by atoms with Crippen LogP contribution in [0.1, 0.15) is 24.9 Å². The Kier molecular flexibility index (Phi) is 6.45. The van der Waals surface area contributed by atoms with Gasteiger partial charge in [0.05, 0.1) is 12.5 Å². The molecule has 2 amide bonds. The van der Waals surface area contributed by atoms with Crippen molar-refractivity contribution >= 4 is 17.5 Å². The minimum atomic E-state index is -2.90. The van der Waals surface area contributed by atoms with Crippen molar-refractivity contribution < 1.29 is 23.1 Å². The highest BCUT2D eigenvalue weighted by Gasteiger charge is 2.17. The third-order valence-corrected chi connectivity index (χ3v) is 3.33. The van der Waals surface area contributed by atoms with E-state index in [1.807, 2.05) is 30.3 Å². The van der Waals surface area contributed by atoms with E-state index < -0.39 is 12.7 Å². The molecule has 0 aliphatic rings. The lowest BCUT2D eigenvalue weighted by atomic mass is 10.0. The highest BCUT2D eigenvalue weighted by atomic mass is 19.3. The number of ether oxygens (including phenoxy) is 1. The largest absolute Gasteiger partial charge is 0.435 e. The summed E-state index contributed by atoms with van der Waals surface area (Å²) in [5.41, 5.74) is 1.26. The minimum absolute atomic E-state index is 0.00778. The van der Waals surface area contributed by atoms with Gasteiger partial charge < -0.3 is 15.4 Å². The molecule has 0 aliphatic heterocycles. The molecular formula is C18H18F2N2O3. The standard InChI is InChI=1S/C18H18F2N2O3/c1-12(23)21-16(13-5-3-2-4-6-13)11-17(24)22-14-7-9-15(10-8-14)25-18(19)20/h2-10,16,18H,11H2,1H3,(H,21,23)(H,22,24)/t16-/m1/s1. The molecule has 0 saturated carbocycles. The average Bonchev–Trinajstić information content (AvgIpc) is 2.56. The van der Waals surface area contributed by atoms with Crippen molar-refractivity contribution in [3.8, 4) is 5.75 Å². The fourth-order valence-electron chi connectivity index (χ4n) is 2.30. The number of hydrogen-bond donors (Lipinski definition) is 2. The van der Waals surface area contributed by atoms with Crippen LogP contribution in [0, 0.1) is 0 Å². The Balaban J connectivity index is 2.00. The highest BCUT2D eigenvalue weighted by Crippen LogP contribution is 2.20. The zero-order chi connectivity index (χ0) is 18.2. The van der Waals surface area contributed by atoms with Crippen LogP contribution in [0.2, 0.25) is 0 Å². The van der Waals surface area contributed by atoms with Gasteiger partial charge in [-0.1, -0.05) is 30.3 Å². The Morgan fingerprint density at radius 1 is 1.04 bits per heavy atom. The SMILES string of the molecule is CC(=O)N[C@H](CC(=O)Nc1ccc(OC(F)F)cc1)c1ccccc1. The smallest absolute Gasteiger partial charge is 0.387 e. The summed E-state index contributed by atoms with van der Waals surface area (Å²) in [6.45, 7) is -1.51. The molecule has 132 valence electrons. The van der Waals surface area contributed by atoms with Crippen molar-refractivity contribution in [2.24, 2.45) is 0 Å². The van der Waals surface area contributed by atoms with Crippen molar-refractivity contribution in [3.05, 3.63) is 60.2 Å². The molecular weight excluding hydrogens is 330 g/mol. The maximum atomic E-state index is 12.2. The summed E-state index contributed by atoms with van der Waals surface area (Å²) in [6, 6.07) is 14.3. The first-order valence-corrected chi connectivity index (χ1v) is 7.61. The molecule has 0 aromatic heterocycles. The summed E-state index contributed by atoms with van der Waals surface area (Å²) in [5.74, 6) is -0.548. The van der Waals surface area contributed by atoms with Crippen LogP contribution in [0.5, 0.6) is 5.75 Å². The van der Waals surface area contributed by atoms with Gasteiger partial charge in [0, 0.05) is 12.6 Å². The second-order valence-corrected chi connectivity index (χ2v) is 5.32. The van der Waals surface area contributed by atoms with E-state index in [1.165, 1.54) is 31.2 Å². The summed E-state index contributed by atoms with van der Waals surface area (Å²) in [6.07, 6.45) is 0.0406. The molecule has 7 heteroatoms. The molecule has 25 heavy (non-hydrogen) atoms. The highest BCUT2D eigenvalue weighted by molar-refractivity contribution is 5.91. The second-order valence-electron chi connectivity index (χ2n) is 5.32. The summed E-state index contributed by atoms with van der Waals surface area (Å²) in [4.78, 5) is 23.6. The Bertz CT molecular complexity index is 706. The van der Waals surface area contributed by atoms with Gasteiger partial charge in [0.1, 0.15) is 5.75 Å². The fraction of sp³-hybridized carbons (Fsp3) is 0.222. The van der Waals surface area contributed by atoms with E-state index in [1.54, 1.807) is 0 Å². The number of amides is 2. The topological polar surface area (TPSA) is 67.4 Å². The molecule has 2 aromatic carbocycles. The number of anilines is 1. The number of hydrogen-bond acceptors (Lipinski definition) is 3. The zero-order valence-corrected chi connectivity index (χ0v) is 13.5. The van der Waals surface area contributed by atoms with Crippen molar-refractivity contribution in [3.63, 3.8) is 0 Å². The molecule has 0 saturated heterocycles. The van der Waals surface area contributed by atoms with Crippen LogP contribution in [-0.4, -0.2) is 18.4 Å². The number of nitrogens with one attached hydrogen (secondary N) is 2. The van der Waals surface area contributed by atoms with E-state index >= 15 is 0 Å². The predicted octanol–water partition coefficient (Wildman–Crippen LogP) is 3.49. The summed E-state index contributed by atoms with van der Waals surface area (Å²) < 4.78 is 28.5. The lowest BCUT2D eigenvalue weighted by molar-refractivity contribution is -0.120. The first-order chi connectivity index (χ1) is 11.9. The van der Waals surface area contributed by atoms with Crippen LogP contribution < -0.4 is 15.4 Å². The van der Waals surface area contributed by atoms with Crippen LogP contribution in [-0.2, 0) is 9.59 Å². The lowest BCUT2D eigenvalue weighted by Crippen LogP contribution is -2.29. The van der Waals surface area contributed by atoms with E-state index in [4.69, 9.17) is 0 Å². The lowest BCUT2D eigenvalue weighted by Gasteiger charge is -2.18. The van der Waals surface area contributed by atoms with Crippen molar-refractivity contribution in [1.29, 1.82) is 0 Å². The molecule has 2 rings (SSSR count). The number of alkyl halides is 2. The molecule has 0 aliphatic carbocycles. The molecule has 0 heterocycles. The second kappa shape index (κ2) is 8.77. The summed E-state index contributed by atoms with van der Waals surface area (Å²) in [5, 5.41) is 5.40. The molecule has 0 spiro atoms. The van der Waals surface area contributed by atoms with Gasteiger partial charge in [-0.2, -0.15) is 8.78 Å². The Labute approximate surface area is 144 Å². The van der Waals surface area contributed by atoms with Crippen LogP contribution >= 0.6 is 0 Å². The first kappa shape index (κ1) is 18.4. The molecule has 0 radical (unpaired) electrons. The van der Waals surface area contributed by atoms with Gasteiger partial charge in [0.15, 0.2) is 0 Å². The van der Waals surface area contributed by atoms with Gasteiger partial charge in [-0.05, 0) is 29.8 Å². The van der Waals surface area contributed by atoms with Gasteiger partial charge >= 0.3 is 6.61 Å². The van der Waals surface area contributed by atoms with Gasteiger partial charge in [0.2, 0.25) is 11.8 Å². The van der Waals surface area contributed by atoms with Crippen molar-refractivity contribution in [2.45, 2.75) is 26.0 Å². The van der Waals surface area contributed by atoms with Crippen molar-refractivity contribution in [2.75, 3.05) is 5.32 Å². The number of halogens is 2. The quantitative estimate of drug-likeness (QED) is 0.805. The van der Waals surface area contributed by atoms with Gasteiger partial charge in [0.25, 0.3) is 0 Å². The van der Waals surface area contributed by atoms with Gasteiger partial charge in [-0.15, -0.1) is 0 Å². The van der Waals surface area contributed by atoms with Crippen LogP contribution in [0.3, 0.4) is 0 Å². The molecule has 1 atom stereocenters. The van der Waals surface area contributed by atoms with E-state index in [2.05, 4.69) is 15.4 Å². The molecule has 5 nitrogen and oxygen atoms in total. The number of carbonyl (C=O) groups excluding carboxylic acids is 2. The van der Waals surface area contributed by atoms with E-state index in [0.717, 1.165) is 5.56 Å². The van der Waals surface area contributed by atoms with E-state index in [9.17, 15) is 18.4 Å². The normalized spacial score (nSPS) is 11.7. The molecule has 2 N–H and O–H groups in total. The number of benzene rings is 2. The Hall–Kier alpha value is -2.96. The predicted molar refractivity (Wildman–Crippen MR) is 89.3 cm³/mol. The molecule has 0 unspecified atom stereocenters. The average molecular weight is 348 g/mol. The monoisotopic (exact) mass is 348 g/mol. The third-order valence-electron chi connectivity index (χ3n) is 3.33. The van der Waals surface area contributed by atoms with Gasteiger partial charge in [-0.3, -0.25) is 9.59 Å². The maximum absolute atomic E-state index is 12.2. The van der Waals surface area contributed by atoms with Gasteiger partial charge in [-0.25, -0.2) is 0 Å². The first-order valence-electron chi connectivity index (χ1n) is 7.61. The number of rotatable bonds is 7. The maximum Gasteiger partial charge on any atom is 0.387 e. The van der Waals surface area contributed by atoms with E-state index in [-0.39, 0.29) is 24.0 Å². The minimum Gasteiger partial charge on any atom is -0.435 e. The van der Waals surface area contributed by atoms with Crippen LogP contribution in [0.25, 0.3) is 0 Å². The summed E-state index contributed by atoms with van der Waals surface area (Å²) >= 11 is 0. The zero-order valence-electron chi connectivity index (χ0n) is 13.5. The molecule has 0 fully saturated rings. The van der Waals surface area contributed by atoms with E-state index in [0.29, 0.717) is 5.69 Å².